The lowest BCUT2D eigenvalue weighted by Crippen LogP contribution is -2.36. The van der Waals surface area contributed by atoms with E-state index in [1.807, 2.05) is 0 Å². The summed E-state index contributed by atoms with van der Waals surface area (Å²) in [7, 11) is 1.78. The highest BCUT2D eigenvalue weighted by atomic mass is 16.5. The van der Waals surface area contributed by atoms with Gasteiger partial charge in [-0.2, -0.15) is 0 Å². The second-order valence-corrected chi connectivity index (χ2v) is 4.62. The third kappa shape index (κ3) is 6.05. The second-order valence-electron chi connectivity index (χ2n) is 4.62. The fourth-order valence-corrected chi connectivity index (χ4v) is 1.94. The topological polar surface area (TPSA) is 21.3 Å². The van der Waals surface area contributed by atoms with Gasteiger partial charge < -0.3 is 10.1 Å². The fraction of sp³-hybridized carbons (Fsp3) is 1.00. The van der Waals surface area contributed by atoms with Gasteiger partial charge in [-0.1, -0.05) is 27.7 Å². The summed E-state index contributed by atoms with van der Waals surface area (Å²) in [5.41, 5.74) is 0.291. The quantitative estimate of drug-likeness (QED) is 0.660. The first-order chi connectivity index (χ1) is 6.04. The van der Waals surface area contributed by atoms with Crippen molar-refractivity contribution in [3.8, 4) is 0 Å². The molecule has 0 saturated heterocycles. The summed E-state index contributed by atoms with van der Waals surface area (Å²) in [5.74, 6) is 0.735. The van der Waals surface area contributed by atoms with E-state index in [2.05, 4.69) is 33.0 Å². The van der Waals surface area contributed by atoms with Crippen molar-refractivity contribution in [3.05, 3.63) is 0 Å². The maximum absolute atomic E-state index is 5.26. The van der Waals surface area contributed by atoms with E-state index >= 15 is 0 Å². The molecule has 0 radical (unpaired) electrons. The molecule has 0 amide bonds. The largest absolute Gasteiger partial charge is 0.384 e. The number of rotatable bonds is 7. The first-order valence-electron chi connectivity index (χ1n) is 5.23. The highest BCUT2D eigenvalue weighted by molar-refractivity contribution is 4.77. The number of nitrogens with one attached hydrogen (secondary N) is 1. The zero-order chi connectivity index (χ0) is 10.3. The van der Waals surface area contributed by atoms with Crippen molar-refractivity contribution >= 4 is 0 Å². The molecule has 1 N–H and O–H groups in total. The van der Waals surface area contributed by atoms with Gasteiger partial charge in [-0.3, -0.25) is 0 Å². The van der Waals surface area contributed by atoms with Crippen LogP contribution in [0.15, 0.2) is 0 Å². The van der Waals surface area contributed by atoms with Crippen LogP contribution in [0, 0.1) is 11.3 Å². The van der Waals surface area contributed by atoms with Crippen LogP contribution in [0.5, 0.6) is 0 Å². The van der Waals surface area contributed by atoms with Gasteiger partial charge in [0.15, 0.2) is 0 Å². The van der Waals surface area contributed by atoms with Crippen LogP contribution in [0.25, 0.3) is 0 Å². The molecule has 0 heterocycles. The average molecular weight is 187 g/mol. The lowest BCUT2D eigenvalue weighted by molar-refractivity contribution is 0.0755. The lowest BCUT2D eigenvalue weighted by Gasteiger charge is -2.30. The number of hydrogen-bond donors (Lipinski definition) is 1. The third-order valence-corrected chi connectivity index (χ3v) is 2.20. The molecular weight excluding hydrogens is 162 g/mol. The van der Waals surface area contributed by atoms with Gasteiger partial charge in [-0.25, -0.2) is 0 Å². The Hall–Kier alpha value is -0.0800. The van der Waals surface area contributed by atoms with Crippen molar-refractivity contribution in [2.75, 3.05) is 26.8 Å². The zero-order valence-electron chi connectivity index (χ0n) is 9.81. The van der Waals surface area contributed by atoms with Gasteiger partial charge in [-0.15, -0.1) is 0 Å². The highest BCUT2D eigenvalue weighted by Gasteiger charge is 2.24. The normalized spacial score (nSPS) is 16.2. The molecule has 2 nitrogen and oxygen atoms in total. The minimum Gasteiger partial charge on any atom is -0.384 e. The summed E-state index contributed by atoms with van der Waals surface area (Å²) in [6.45, 7) is 11.9. The summed E-state index contributed by atoms with van der Waals surface area (Å²) in [6, 6.07) is 0. The summed E-state index contributed by atoms with van der Waals surface area (Å²) in [4.78, 5) is 0. The fourth-order valence-electron chi connectivity index (χ4n) is 1.94. The molecule has 0 bridgehead atoms. The minimum absolute atomic E-state index is 0.291. The molecule has 1 atom stereocenters. The van der Waals surface area contributed by atoms with Crippen LogP contribution in [-0.2, 0) is 4.74 Å². The Morgan fingerprint density at radius 1 is 1.38 bits per heavy atom. The molecule has 0 unspecified atom stereocenters. The number of hydrogen-bond acceptors (Lipinski definition) is 2. The van der Waals surface area contributed by atoms with E-state index in [-0.39, 0.29) is 0 Å². The van der Waals surface area contributed by atoms with Crippen molar-refractivity contribution in [2.45, 2.75) is 34.1 Å². The van der Waals surface area contributed by atoms with Crippen molar-refractivity contribution in [2.24, 2.45) is 11.3 Å². The van der Waals surface area contributed by atoms with Gasteiger partial charge in [0.05, 0.1) is 6.61 Å². The van der Waals surface area contributed by atoms with E-state index in [1.165, 1.54) is 6.42 Å². The first kappa shape index (κ1) is 12.9. The van der Waals surface area contributed by atoms with Gasteiger partial charge in [0.2, 0.25) is 0 Å². The predicted octanol–water partition coefficient (Wildman–Crippen LogP) is 2.29. The Kier molecular flexibility index (Phi) is 6.35. The Labute approximate surface area is 83.1 Å². The van der Waals surface area contributed by atoms with Crippen molar-refractivity contribution < 1.29 is 4.74 Å². The van der Waals surface area contributed by atoms with Gasteiger partial charge in [0.25, 0.3) is 0 Å². The summed E-state index contributed by atoms with van der Waals surface area (Å²) >= 11 is 0. The standard InChI is InChI=1S/C11H25NO/c1-6-12-8-11(4,9-13-5)7-10(2)3/h10,12H,6-9H2,1-5H3/t11-/m1/s1. The summed E-state index contributed by atoms with van der Waals surface area (Å²) in [5, 5.41) is 3.40. The van der Waals surface area contributed by atoms with Crippen LogP contribution in [-0.4, -0.2) is 26.8 Å². The Balaban J connectivity index is 3.99. The van der Waals surface area contributed by atoms with E-state index in [1.54, 1.807) is 7.11 Å². The number of ether oxygens (including phenoxy) is 1. The van der Waals surface area contributed by atoms with Gasteiger partial charge in [-0.05, 0) is 18.9 Å². The van der Waals surface area contributed by atoms with Crippen LogP contribution < -0.4 is 5.32 Å². The maximum atomic E-state index is 5.26. The Morgan fingerprint density at radius 3 is 2.38 bits per heavy atom. The van der Waals surface area contributed by atoms with Crippen LogP contribution in [0.4, 0.5) is 0 Å². The second kappa shape index (κ2) is 6.39. The smallest absolute Gasteiger partial charge is 0.0528 e. The number of methoxy groups -OCH3 is 1. The molecule has 0 aliphatic carbocycles. The molecule has 13 heavy (non-hydrogen) atoms. The predicted molar refractivity (Wildman–Crippen MR) is 58.0 cm³/mol. The summed E-state index contributed by atoms with van der Waals surface area (Å²) < 4.78 is 5.26. The highest BCUT2D eigenvalue weighted by Crippen LogP contribution is 2.25. The van der Waals surface area contributed by atoms with Crippen molar-refractivity contribution in [1.82, 2.24) is 5.32 Å². The van der Waals surface area contributed by atoms with Crippen molar-refractivity contribution in [3.63, 3.8) is 0 Å². The molecule has 0 aromatic heterocycles. The van der Waals surface area contributed by atoms with Crippen LogP contribution >= 0.6 is 0 Å². The minimum atomic E-state index is 0.291. The molecule has 0 aliphatic heterocycles. The maximum Gasteiger partial charge on any atom is 0.0528 e. The van der Waals surface area contributed by atoms with Gasteiger partial charge >= 0.3 is 0 Å². The molecule has 0 spiro atoms. The molecule has 0 rings (SSSR count). The molecule has 0 aliphatic rings. The van der Waals surface area contributed by atoms with Crippen molar-refractivity contribution in [1.29, 1.82) is 0 Å². The monoisotopic (exact) mass is 187 g/mol. The lowest BCUT2D eigenvalue weighted by atomic mass is 9.82. The molecule has 0 aromatic carbocycles. The molecule has 0 fully saturated rings. The molecule has 0 saturated carbocycles. The van der Waals surface area contributed by atoms with Gasteiger partial charge in [0, 0.05) is 19.1 Å². The molecule has 0 aromatic rings. The average Bonchev–Trinajstić information content (AvgIpc) is 2.00. The SMILES string of the molecule is CCNC[C@](C)(COC)CC(C)C. The van der Waals surface area contributed by atoms with E-state index in [0.29, 0.717) is 5.41 Å². The van der Waals surface area contributed by atoms with Crippen LogP contribution in [0.3, 0.4) is 0 Å². The molecule has 2 heteroatoms. The van der Waals surface area contributed by atoms with E-state index in [4.69, 9.17) is 4.74 Å². The first-order valence-corrected chi connectivity index (χ1v) is 5.23. The Morgan fingerprint density at radius 2 is 2.00 bits per heavy atom. The third-order valence-electron chi connectivity index (χ3n) is 2.20. The van der Waals surface area contributed by atoms with Gasteiger partial charge in [0.1, 0.15) is 0 Å². The molecular formula is C11H25NO. The van der Waals surface area contributed by atoms with Crippen LogP contribution in [0.1, 0.15) is 34.1 Å². The van der Waals surface area contributed by atoms with E-state index in [0.717, 1.165) is 25.6 Å². The summed E-state index contributed by atoms with van der Waals surface area (Å²) in [6.07, 6.45) is 1.22. The van der Waals surface area contributed by atoms with E-state index < -0.39 is 0 Å². The van der Waals surface area contributed by atoms with E-state index in [9.17, 15) is 0 Å². The zero-order valence-corrected chi connectivity index (χ0v) is 9.81. The molecule has 80 valence electrons. The Bertz CT molecular complexity index is 125. The van der Waals surface area contributed by atoms with Crippen LogP contribution in [0.2, 0.25) is 0 Å².